The molecule has 0 aromatic heterocycles. The van der Waals surface area contributed by atoms with E-state index in [0.29, 0.717) is 26.1 Å². The van der Waals surface area contributed by atoms with Crippen molar-refractivity contribution in [3.63, 3.8) is 0 Å². The van der Waals surface area contributed by atoms with Gasteiger partial charge in [0.05, 0.1) is 6.04 Å². The Balaban J connectivity index is 1.94. The Kier molecular flexibility index (Phi) is 6.85. The predicted octanol–water partition coefficient (Wildman–Crippen LogP) is 2.63. The summed E-state index contributed by atoms with van der Waals surface area (Å²) in [6.07, 6.45) is -0.464. The van der Waals surface area contributed by atoms with Gasteiger partial charge in [-0.2, -0.15) is 0 Å². The monoisotopic (exact) mass is 364 g/mol. The fourth-order valence-electron chi connectivity index (χ4n) is 2.79. The van der Waals surface area contributed by atoms with Crippen molar-refractivity contribution in [2.75, 3.05) is 26.2 Å². The lowest BCUT2D eigenvalue weighted by atomic mass is 10.1. The molecule has 0 bridgehead atoms. The van der Waals surface area contributed by atoms with Crippen LogP contribution in [-0.4, -0.2) is 65.0 Å². The Morgan fingerprint density at radius 3 is 2.46 bits per heavy atom. The molecule has 2 rings (SSSR count). The summed E-state index contributed by atoms with van der Waals surface area (Å²) in [5, 5.41) is 9.32. The summed E-state index contributed by atoms with van der Waals surface area (Å²) in [5.74, 6) is 0. The van der Waals surface area contributed by atoms with Crippen molar-refractivity contribution in [1.82, 2.24) is 9.80 Å². The van der Waals surface area contributed by atoms with Crippen molar-refractivity contribution >= 4 is 12.2 Å². The van der Waals surface area contributed by atoms with Crippen LogP contribution in [0.4, 0.5) is 9.59 Å². The Bertz CT molecular complexity index is 600. The average Bonchev–Trinajstić information content (AvgIpc) is 2.59. The highest BCUT2D eigenvalue weighted by Gasteiger charge is 2.34. The minimum atomic E-state index is -0.574. The van der Waals surface area contributed by atoms with Crippen LogP contribution in [0.1, 0.15) is 32.8 Å². The maximum absolute atomic E-state index is 12.4. The summed E-state index contributed by atoms with van der Waals surface area (Å²) in [6.45, 7) is 6.59. The zero-order chi connectivity index (χ0) is 19.2. The van der Waals surface area contributed by atoms with Crippen LogP contribution in [0.2, 0.25) is 0 Å². The summed E-state index contributed by atoms with van der Waals surface area (Å²) < 4.78 is 10.8. The van der Waals surface area contributed by atoms with Gasteiger partial charge in [0, 0.05) is 26.2 Å². The molecule has 0 spiro atoms. The molecule has 1 heterocycles. The van der Waals surface area contributed by atoms with Gasteiger partial charge < -0.3 is 24.4 Å². The van der Waals surface area contributed by atoms with E-state index in [9.17, 15) is 14.7 Å². The first-order chi connectivity index (χ1) is 12.3. The van der Waals surface area contributed by atoms with Crippen molar-refractivity contribution in [2.45, 2.75) is 45.4 Å². The third-order valence-corrected chi connectivity index (χ3v) is 4.04. The number of hydrogen-bond donors (Lipinski definition) is 1. The van der Waals surface area contributed by atoms with Gasteiger partial charge in [-0.3, -0.25) is 0 Å². The van der Waals surface area contributed by atoms with Gasteiger partial charge in [-0.15, -0.1) is 0 Å². The highest BCUT2D eigenvalue weighted by molar-refractivity contribution is 5.71. The molecule has 26 heavy (non-hydrogen) atoms. The molecule has 1 fully saturated rings. The highest BCUT2D eigenvalue weighted by Crippen LogP contribution is 2.18. The number of piperazine rings is 1. The maximum atomic E-state index is 12.4. The summed E-state index contributed by atoms with van der Waals surface area (Å²) >= 11 is 0. The molecule has 7 heteroatoms. The molecule has 2 amide bonds. The van der Waals surface area contributed by atoms with Crippen LogP contribution in [0.25, 0.3) is 0 Å². The molecule has 1 unspecified atom stereocenters. The standard InChI is InChI=1S/C19H28N2O5/c1-19(2,3)26-17(23)20-10-11-21(16(13-20)9-12-22)18(24)25-14-15-7-5-4-6-8-15/h4-8,16,22H,9-14H2,1-3H3. The van der Waals surface area contributed by atoms with Gasteiger partial charge in [0.1, 0.15) is 12.2 Å². The second kappa shape index (κ2) is 8.89. The van der Waals surface area contributed by atoms with Crippen LogP contribution in [0.15, 0.2) is 30.3 Å². The number of amides is 2. The van der Waals surface area contributed by atoms with Crippen LogP contribution in [-0.2, 0) is 16.1 Å². The first-order valence-electron chi connectivity index (χ1n) is 8.86. The van der Waals surface area contributed by atoms with Crippen LogP contribution in [0.3, 0.4) is 0 Å². The van der Waals surface area contributed by atoms with Gasteiger partial charge >= 0.3 is 12.2 Å². The number of aliphatic hydroxyl groups excluding tert-OH is 1. The average molecular weight is 364 g/mol. The maximum Gasteiger partial charge on any atom is 0.410 e. The van der Waals surface area contributed by atoms with Crippen LogP contribution in [0, 0.1) is 0 Å². The van der Waals surface area contributed by atoms with Crippen LogP contribution < -0.4 is 0 Å². The minimum absolute atomic E-state index is 0.0741. The van der Waals surface area contributed by atoms with E-state index in [-0.39, 0.29) is 19.3 Å². The first-order valence-corrected chi connectivity index (χ1v) is 8.86. The van der Waals surface area contributed by atoms with E-state index in [4.69, 9.17) is 9.47 Å². The van der Waals surface area contributed by atoms with Gasteiger partial charge in [0.15, 0.2) is 0 Å². The molecule has 0 saturated carbocycles. The minimum Gasteiger partial charge on any atom is -0.445 e. The molecular formula is C19H28N2O5. The van der Waals surface area contributed by atoms with Crippen LogP contribution in [0.5, 0.6) is 0 Å². The molecule has 1 atom stereocenters. The fourth-order valence-corrected chi connectivity index (χ4v) is 2.79. The molecule has 1 N–H and O–H groups in total. The fraction of sp³-hybridized carbons (Fsp3) is 0.579. The van der Waals surface area contributed by atoms with Crippen molar-refractivity contribution in [2.24, 2.45) is 0 Å². The molecule has 1 saturated heterocycles. The van der Waals surface area contributed by atoms with Crippen molar-refractivity contribution in [3.05, 3.63) is 35.9 Å². The summed E-state index contributed by atoms with van der Waals surface area (Å²) in [6, 6.07) is 9.15. The molecule has 7 nitrogen and oxygen atoms in total. The third kappa shape index (κ3) is 5.91. The number of hydrogen-bond acceptors (Lipinski definition) is 5. The third-order valence-electron chi connectivity index (χ3n) is 4.04. The number of rotatable bonds is 4. The molecule has 144 valence electrons. The zero-order valence-corrected chi connectivity index (χ0v) is 15.7. The van der Waals surface area contributed by atoms with Crippen molar-refractivity contribution in [1.29, 1.82) is 0 Å². The first kappa shape index (κ1) is 20.0. The van der Waals surface area contributed by atoms with E-state index >= 15 is 0 Å². The van der Waals surface area contributed by atoms with Gasteiger partial charge in [0.25, 0.3) is 0 Å². The predicted molar refractivity (Wildman–Crippen MR) is 96.6 cm³/mol. The van der Waals surface area contributed by atoms with E-state index in [2.05, 4.69) is 0 Å². The molecule has 1 aliphatic rings. The number of carbonyl (C=O) groups is 2. The molecule has 0 aliphatic carbocycles. The Morgan fingerprint density at radius 2 is 1.85 bits per heavy atom. The summed E-state index contributed by atoms with van der Waals surface area (Å²) in [7, 11) is 0. The van der Waals surface area contributed by atoms with Gasteiger partial charge in [-0.05, 0) is 32.8 Å². The van der Waals surface area contributed by atoms with Gasteiger partial charge in [-0.1, -0.05) is 30.3 Å². The topological polar surface area (TPSA) is 79.3 Å². The Morgan fingerprint density at radius 1 is 1.15 bits per heavy atom. The number of benzene rings is 1. The van der Waals surface area contributed by atoms with E-state index in [0.717, 1.165) is 5.56 Å². The molecule has 1 aromatic carbocycles. The number of ether oxygens (including phenoxy) is 2. The molecule has 1 aromatic rings. The molecular weight excluding hydrogens is 336 g/mol. The lowest BCUT2D eigenvalue weighted by molar-refractivity contribution is -0.00182. The van der Waals surface area contributed by atoms with Crippen LogP contribution >= 0.6 is 0 Å². The Hall–Kier alpha value is -2.28. The van der Waals surface area contributed by atoms with Crippen molar-refractivity contribution < 1.29 is 24.2 Å². The summed E-state index contributed by atoms with van der Waals surface area (Å²) in [4.78, 5) is 27.9. The normalized spacial score (nSPS) is 17.8. The largest absolute Gasteiger partial charge is 0.445 e. The van der Waals surface area contributed by atoms with E-state index in [1.807, 2.05) is 51.1 Å². The quantitative estimate of drug-likeness (QED) is 0.888. The van der Waals surface area contributed by atoms with Gasteiger partial charge in [0.2, 0.25) is 0 Å². The number of carbonyl (C=O) groups excluding carboxylic acids is 2. The lowest BCUT2D eigenvalue weighted by Gasteiger charge is -2.40. The second-order valence-corrected chi connectivity index (χ2v) is 7.33. The Labute approximate surface area is 154 Å². The molecule has 1 aliphatic heterocycles. The molecule has 0 radical (unpaired) electrons. The number of aliphatic hydroxyl groups is 1. The zero-order valence-electron chi connectivity index (χ0n) is 15.7. The van der Waals surface area contributed by atoms with Gasteiger partial charge in [-0.25, -0.2) is 9.59 Å². The SMILES string of the molecule is CC(C)(C)OC(=O)N1CCN(C(=O)OCc2ccccc2)C(CCO)C1. The van der Waals surface area contributed by atoms with E-state index in [1.165, 1.54) is 0 Å². The summed E-state index contributed by atoms with van der Waals surface area (Å²) in [5.41, 5.74) is 0.335. The smallest absolute Gasteiger partial charge is 0.410 e. The highest BCUT2D eigenvalue weighted by atomic mass is 16.6. The van der Waals surface area contributed by atoms with Crippen molar-refractivity contribution in [3.8, 4) is 0 Å². The second-order valence-electron chi connectivity index (χ2n) is 7.33. The van der Waals surface area contributed by atoms with E-state index in [1.54, 1.807) is 9.80 Å². The lowest BCUT2D eigenvalue weighted by Crippen LogP contribution is -2.57. The number of nitrogens with zero attached hydrogens (tertiary/aromatic N) is 2. The van der Waals surface area contributed by atoms with E-state index < -0.39 is 17.8 Å².